The fraction of sp³-hybridized carbons (Fsp3) is 0.571. The largest absolute Gasteiger partial charge is 0.416 e. The molecule has 1 aliphatic heterocycles. The van der Waals surface area contributed by atoms with Crippen LogP contribution in [0.25, 0.3) is 0 Å². The van der Waals surface area contributed by atoms with E-state index in [9.17, 15) is 30.7 Å². The summed E-state index contributed by atoms with van der Waals surface area (Å²) in [7, 11) is 0. The van der Waals surface area contributed by atoms with Crippen molar-refractivity contribution in [1.29, 1.82) is 0 Å². The Labute approximate surface area is 140 Å². The smallest absolute Gasteiger partial charge is 0.314 e. The summed E-state index contributed by atoms with van der Waals surface area (Å²) in [5.74, 6) is 0. The highest BCUT2D eigenvalue weighted by Crippen LogP contribution is 2.40. The van der Waals surface area contributed by atoms with Gasteiger partial charge in [0.05, 0.1) is 17.2 Å². The Morgan fingerprint density at radius 3 is 2.04 bits per heavy atom. The van der Waals surface area contributed by atoms with Gasteiger partial charge in [0.2, 0.25) is 0 Å². The summed E-state index contributed by atoms with van der Waals surface area (Å²) in [6.45, 7) is 0.224. The molecule has 1 saturated heterocycles. The van der Waals surface area contributed by atoms with Gasteiger partial charge in [-0.25, -0.2) is 4.39 Å². The molecule has 0 amide bonds. The molecule has 1 heterocycles. The van der Waals surface area contributed by atoms with E-state index in [2.05, 4.69) is 5.32 Å². The normalized spacial score (nSPS) is 18.1. The SMILES string of the molecule is Cl.FC[C@@H](c1cc(C(F)(F)F)ccc1C(F)(F)F)N1CCNCC1. The molecule has 1 atom stereocenters. The summed E-state index contributed by atoms with van der Waals surface area (Å²) in [5.41, 5.74) is -3.11. The quantitative estimate of drug-likeness (QED) is 0.796. The molecule has 0 aromatic heterocycles. The van der Waals surface area contributed by atoms with Crippen molar-refractivity contribution in [3.05, 3.63) is 34.9 Å². The average Bonchev–Trinajstić information content (AvgIpc) is 2.47. The molecule has 2 nitrogen and oxygen atoms in total. The summed E-state index contributed by atoms with van der Waals surface area (Å²) in [5, 5.41) is 2.96. The van der Waals surface area contributed by atoms with Crippen LogP contribution in [0.2, 0.25) is 0 Å². The van der Waals surface area contributed by atoms with Crippen LogP contribution in [0.15, 0.2) is 18.2 Å². The Kier molecular flexibility index (Phi) is 6.89. The molecule has 0 unspecified atom stereocenters. The molecular formula is C14H16ClF7N2. The van der Waals surface area contributed by atoms with Gasteiger partial charge in [0, 0.05) is 26.2 Å². The molecule has 0 spiro atoms. The van der Waals surface area contributed by atoms with E-state index in [4.69, 9.17) is 0 Å². The van der Waals surface area contributed by atoms with E-state index < -0.39 is 41.8 Å². The van der Waals surface area contributed by atoms with Crippen LogP contribution in [0.5, 0.6) is 0 Å². The maximum absolute atomic E-state index is 13.4. The number of hydrogen-bond donors (Lipinski definition) is 1. The van der Waals surface area contributed by atoms with Crippen molar-refractivity contribution in [2.24, 2.45) is 0 Å². The molecule has 1 aromatic carbocycles. The lowest BCUT2D eigenvalue weighted by Crippen LogP contribution is -2.46. The summed E-state index contributed by atoms with van der Waals surface area (Å²) in [4.78, 5) is 1.43. The zero-order valence-electron chi connectivity index (χ0n) is 12.3. The van der Waals surface area contributed by atoms with Crippen molar-refractivity contribution in [3.63, 3.8) is 0 Å². The number of rotatable bonds is 3. The molecular weight excluding hydrogens is 365 g/mol. The van der Waals surface area contributed by atoms with Gasteiger partial charge in [-0.3, -0.25) is 4.90 Å². The first-order valence-electron chi connectivity index (χ1n) is 6.93. The molecule has 138 valence electrons. The summed E-state index contributed by atoms with van der Waals surface area (Å²) >= 11 is 0. The minimum Gasteiger partial charge on any atom is -0.314 e. The predicted molar refractivity (Wildman–Crippen MR) is 76.9 cm³/mol. The van der Waals surface area contributed by atoms with Crippen LogP contribution < -0.4 is 5.32 Å². The van der Waals surface area contributed by atoms with E-state index in [1.54, 1.807) is 0 Å². The fourth-order valence-electron chi connectivity index (χ4n) is 2.64. The highest BCUT2D eigenvalue weighted by Gasteiger charge is 2.39. The zero-order valence-corrected chi connectivity index (χ0v) is 13.2. The van der Waals surface area contributed by atoms with Gasteiger partial charge in [0.15, 0.2) is 0 Å². The molecule has 24 heavy (non-hydrogen) atoms. The number of hydrogen-bond acceptors (Lipinski definition) is 2. The summed E-state index contributed by atoms with van der Waals surface area (Å²) in [6.07, 6.45) is -9.63. The van der Waals surface area contributed by atoms with Gasteiger partial charge in [0.25, 0.3) is 0 Å². The highest BCUT2D eigenvalue weighted by atomic mass is 35.5. The topological polar surface area (TPSA) is 15.3 Å². The number of halogens is 8. The molecule has 0 radical (unpaired) electrons. The third kappa shape index (κ3) is 4.73. The van der Waals surface area contributed by atoms with E-state index in [-0.39, 0.29) is 25.5 Å². The van der Waals surface area contributed by atoms with Crippen molar-refractivity contribution in [2.75, 3.05) is 32.9 Å². The van der Waals surface area contributed by atoms with Gasteiger partial charge in [-0.2, -0.15) is 26.3 Å². The maximum atomic E-state index is 13.4. The number of nitrogens with one attached hydrogen (secondary N) is 1. The Balaban J connectivity index is 0.00000288. The van der Waals surface area contributed by atoms with Crippen LogP contribution in [-0.2, 0) is 12.4 Å². The second-order valence-corrected chi connectivity index (χ2v) is 5.25. The van der Waals surface area contributed by atoms with E-state index in [1.807, 2.05) is 0 Å². The van der Waals surface area contributed by atoms with Crippen LogP contribution in [-0.4, -0.2) is 37.8 Å². The van der Waals surface area contributed by atoms with Gasteiger partial charge in [-0.1, -0.05) is 0 Å². The van der Waals surface area contributed by atoms with Gasteiger partial charge in [-0.15, -0.1) is 12.4 Å². The van der Waals surface area contributed by atoms with E-state index in [1.165, 1.54) is 4.90 Å². The van der Waals surface area contributed by atoms with Gasteiger partial charge in [-0.05, 0) is 23.8 Å². The maximum Gasteiger partial charge on any atom is 0.416 e. The zero-order chi connectivity index (χ0) is 17.3. The van der Waals surface area contributed by atoms with Crippen LogP contribution >= 0.6 is 12.4 Å². The Bertz CT molecular complexity index is 539. The standard InChI is InChI=1S/C14H15F7N2.ClH/c15-8-12(23-5-3-22-4-6-23)10-7-9(13(16,17)18)1-2-11(10)14(19,20)21;/h1-2,7,12,22H,3-6,8H2;1H/t12-;/m0./s1. The van der Waals surface area contributed by atoms with Crippen LogP contribution in [0.1, 0.15) is 22.7 Å². The van der Waals surface area contributed by atoms with Gasteiger partial charge < -0.3 is 5.32 Å². The van der Waals surface area contributed by atoms with Crippen molar-refractivity contribution in [2.45, 2.75) is 18.4 Å². The molecule has 1 fully saturated rings. The monoisotopic (exact) mass is 380 g/mol. The van der Waals surface area contributed by atoms with E-state index in [0.29, 0.717) is 31.3 Å². The summed E-state index contributed by atoms with van der Waals surface area (Å²) in [6, 6.07) is -0.187. The van der Waals surface area contributed by atoms with Crippen molar-refractivity contribution < 1.29 is 30.7 Å². The summed E-state index contributed by atoms with van der Waals surface area (Å²) < 4.78 is 91.2. The number of piperazine rings is 1. The van der Waals surface area contributed by atoms with E-state index in [0.717, 1.165) is 0 Å². The average molecular weight is 381 g/mol. The lowest BCUT2D eigenvalue weighted by Gasteiger charge is -2.35. The molecule has 2 rings (SSSR count). The molecule has 10 heteroatoms. The lowest BCUT2D eigenvalue weighted by atomic mass is 9.96. The Morgan fingerprint density at radius 1 is 1.00 bits per heavy atom. The number of alkyl halides is 7. The number of benzene rings is 1. The van der Waals surface area contributed by atoms with Crippen molar-refractivity contribution in [3.8, 4) is 0 Å². The molecule has 0 aliphatic carbocycles. The van der Waals surface area contributed by atoms with E-state index >= 15 is 0 Å². The van der Waals surface area contributed by atoms with Crippen molar-refractivity contribution >= 4 is 12.4 Å². The fourth-order valence-corrected chi connectivity index (χ4v) is 2.64. The Morgan fingerprint density at radius 2 is 1.58 bits per heavy atom. The third-order valence-corrected chi connectivity index (χ3v) is 3.78. The number of nitrogens with zero attached hydrogens (tertiary/aromatic N) is 1. The minimum atomic E-state index is -4.85. The predicted octanol–water partition coefficient (Wildman–Crippen LogP) is 4.06. The van der Waals surface area contributed by atoms with Crippen molar-refractivity contribution in [1.82, 2.24) is 10.2 Å². The Hall–Kier alpha value is -1.06. The van der Waals surface area contributed by atoms with Gasteiger partial charge in [0.1, 0.15) is 6.67 Å². The van der Waals surface area contributed by atoms with Crippen LogP contribution in [0.4, 0.5) is 30.7 Å². The highest BCUT2D eigenvalue weighted by molar-refractivity contribution is 5.85. The minimum absolute atomic E-state index is 0. The van der Waals surface area contributed by atoms with Crippen LogP contribution in [0.3, 0.4) is 0 Å². The lowest BCUT2D eigenvalue weighted by molar-refractivity contribution is -0.142. The molecule has 1 aliphatic rings. The van der Waals surface area contributed by atoms with Gasteiger partial charge >= 0.3 is 12.4 Å². The molecule has 0 saturated carbocycles. The second-order valence-electron chi connectivity index (χ2n) is 5.25. The van der Waals surface area contributed by atoms with Crippen LogP contribution in [0, 0.1) is 0 Å². The molecule has 1 aromatic rings. The first-order valence-corrected chi connectivity index (χ1v) is 6.93. The first kappa shape index (κ1) is 21.0. The first-order chi connectivity index (χ1) is 10.6. The third-order valence-electron chi connectivity index (χ3n) is 3.78. The molecule has 0 bridgehead atoms. The second kappa shape index (κ2) is 7.88. The molecule has 1 N–H and O–H groups in total.